The molecule has 1 fully saturated rings. The molecule has 0 aliphatic heterocycles. The Kier molecular flexibility index (Phi) is 6.98. The number of rotatable bonds is 9. The molecule has 2 amide bonds. The zero-order valence-electron chi connectivity index (χ0n) is 20.7. The summed E-state index contributed by atoms with van der Waals surface area (Å²) in [4.78, 5) is 43.6. The van der Waals surface area contributed by atoms with E-state index in [4.69, 9.17) is 9.84 Å². The summed E-state index contributed by atoms with van der Waals surface area (Å²) in [6.07, 6.45) is 6.21. The van der Waals surface area contributed by atoms with E-state index in [2.05, 4.69) is 20.6 Å². The van der Waals surface area contributed by atoms with Crippen molar-refractivity contribution in [3.05, 3.63) is 77.7 Å². The summed E-state index contributed by atoms with van der Waals surface area (Å²) in [5.74, 6) is -1.96. The summed E-state index contributed by atoms with van der Waals surface area (Å²) in [5.41, 5.74) is 1.61. The highest BCUT2D eigenvalue weighted by molar-refractivity contribution is 6.15. The van der Waals surface area contributed by atoms with Crippen LogP contribution in [0.2, 0.25) is 0 Å². The second-order valence-electron chi connectivity index (χ2n) is 9.10. The monoisotopic (exact) mass is 514 g/mol. The average molecular weight is 515 g/mol. The summed E-state index contributed by atoms with van der Waals surface area (Å²) in [6, 6.07) is 14.2. The number of hydrogen-bond donors (Lipinski definition) is 2. The van der Waals surface area contributed by atoms with Crippen LogP contribution in [0.25, 0.3) is 10.8 Å². The number of hydrogen-bond acceptors (Lipinski definition) is 7. The summed E-state index contributed by atoms with van der Waals surface area (Å²) in [7, 11) is 1.70. The predicted octanol–water partition coefficient (Wildman–Crippen LogP) is 3.21. The van der Waals surface area contributed by atoms with Gasteiger partial charge < -0.3 is 20.1 Å². The molecule has 0 bridgehead atoms. The van der Waals surface area contributed by atoms with E-state index < -0.39 is 18.5 Å². The van der Waals surface area contributed by atoms with E-state index in [1.54, 1.807) is 35.1 Å². The smallest absolute Gasteiger partial charge is 0.341 e. The zero-order chi connectivity index (χ0) is 26.6. The molecule has 0 saturated heterocycles. The van der Waals surface area contributed by atoms with Gasteiger partial charge >= 0.3 is 5.97 Å². The Morgan fingerprint density at radius 1 is 1.11 bits per heavy atom. The van der Waals surface area contributed by atoms with Crippen LogP contribution >= 0.6 is 0 Å². The van der Waals surface area contributed by atoms with E-state index in [0.717, 1.165) is 35.6 Å². The number of carbonyl (C=O) groups is 3. The first-order valence-corrected chi connectivity index (χ1v) is 12.2. The Bertz CT molecular complexity index is 1500. The topological polar surface area (TPSA) is 140 Å². The van der Waals surface area contributed by atoms with E-state index in [0.29, 0.717) is 12.1 Å². The molecular weight excluding hydrogens is 488 g/mol. The first kappa shape index (κ1) is 24.9. The molecule has 194 valence electrons. The van der Waals surface area contributed by atoms with Gasteiger partial charge in [-0.15, -0.1) is 5.10 Å². The van der Waals surface area contributed by atoms with Crippen LogP contribution in [-0.2, 0) is 11.3 Å². The van der Waals surface area contributed by atoms with Gasteiger partial charge in [-0.05, 0) is 47.7 Å². The van der Waals surface area contributed by atoms with Gasteiger partial charge in [-0.2, -0.15) is 0 Å². The number of benzene rings is 2. The minimum Gasteiger partial charge on any atom is -0.479 e. The maximum absolute atomic E-state index is 13.5. The molecular formula is C27H26N6O5. The third-order valence-corrected chi connectivity index (χ3v) is 6.67. The Morgan fingerprint density at radius 3 is 2.58 bits per heavy atom. The van der Waals surface area contributed by atoms with E-state index in [-0.39, 0.29) is 29.2 Å². The van der Waals surface area contributed by atoms with Gasteiger partial charge in [-0.25, -0.2) is 14.5 Å². The largest absolute Gasteiger partial charge is 0.479 e. The first-order chi connectivity index (χ1) is 18.4. The van der Waals surface area contributed by atoms with Gasteiger partial charge in [-0.3, -0.25) is 9.59 Å². The minimum absolute atomic E-state index is 0.0113. The van der Waals surface area contributed by atoms with Crippen molar-refractivity contribution in [1.29, 1.82) is 0 Å². The summed E-state index contributed by atoms with van der Waals surface area (Å²) in [5, 5.41) is 21.3. The average Bonchev–Trinajstić information content (AvgIpc) is 3.40. The lowest BCUT2D eigenvalue weighted by atomic mass is 9.91. The van der Waals surface area contributed by atoms with Gasteiger partial charge in [0.05, 0.1) is 18.4 Å². The molecule has 0 unspecified atom stereocenters. The van der Waals surface area contributed by atoms with Gasteiger partial charge in [-0.1, -0.05) is 35.5 Å². The summed E-state index contributed by atoms with van der Waals surface area (Å²) in [6.45, 7) is -0.103. The number of aromatic nitrogens is 4. The lowest BCUT2D eigenvalue weighted by Gasteiger charge is -2.34. The number of carbonyl (C=O) groups excluding carboxylic acids is 2. The fraction of sp³-hybridized carbons (Fsp3) is 0.259. The first-order valence-electron chi connectivity index (χ1n) is 12.2. The number of carboxylic acid groups (broad SMARTS) is 1. The van der Waals surface area contributed by atoms with Crippen LogP contribution < -0.4 is 10.1 Å². The van der Waals surface area contributed by atoms with Crippen LogP contribution in [0.3, 0.4) is 0 Å². The second-order valence-corrected chi connectivity index (χ2v) is 9.10. The number of amides is 2. The van der Waals surface area contributed by atoms with Gasteiger partial charge in [0.25, 0.3) is 11.8 Å². The van der Waals surface area contributed by atoms with Crippen molar-refractivity contribution >= 4 is 34.2 Å². The van der Waals surface area contributed by atoms with Gasteiger partial charge in [0.2, 0.25) is 5.88 Å². The Hall–Kier alpha value is -4.80. The second kappa shape index (κ2) is 10.7. The molecule has 1 saturated carbocycles. The van der Waals surface area contributed by atoms with Crippen molar-refractivity contribution < 1.29 is 24.2 Å². The fourth-order valence-electron chi connectivity index (χ4n) is 4.41. The van der Waals surface area contributed by atoms with Crippen LogP contribution in [0.1, 0.15) is 45.7 Å². The van der Waals surface area contributed by atoms with Crippen LogP contribution in [0, 0.1) is 0 Å². The molecule has 5 rings (SSSR count). The quantitative estimate of drug-likeness (QED) is 0.347. The van der Waals surface area contributed by atoms with Crippen molar-refractivity contribution in [1.82, 2.24) is 24.9 Å². The van der Waals surface area contributed by atoms with Crippen molar-refractivity contribution in [2.24, 2.45) is 0 Å². The Balaban J connectivity index is 1.46. The molecule has 1 aliphatic carbocycles. The number of nitrogens with zero attached hydrogens (tertiary/aromatic N) is 5. The Morgan fingerprint density at radius 2 is 1.89 bits per heavy atom. The van der Waals surface area contributed by atoms with Crippen LogP contribution in [0.15, 0.2) is 60.9 Å². The standard InChI is InChI=1S/C27H26N6O5/c1-32(18-5-4-6-18)27(37)25-22(11-12-23(30-25)38-16-24(34)35)29-26(36)21-10-9-17(15-33-14-13-28-31-33)19-7-2-3-8-20(19)21/h2-3,7-14,18H,4-6,15-16H2,1H3,(H,29,36)(H,34,35). The van der Waals surface area contributed by atoms with Crippen molar-refractivity contribution in [2.75, 3.05) is 19.0 Å². The molecule has 1 aliphatic rings. The lowest BCUT2D eigenvalue weighted by Crippen LogP contribution is -2.42. The van der Waals surface area contributed by atoms with Crippen LogP contribution in [0.4, 0.5) is 5.69 Å². The number of ether oxygens (including phenoxy) is 1. The maximum atomic E-state index is 13.5. The molecule has 38 heavy (non-hydrogen) atoms. The summed E-state index contributed by atoms with van der Waals surface area (Å²) < 4.78 is 6.90. The van der Waals surface area contributed by atoms with E-state index in [9.17, 15) is 14.4 Å². The number of nitrogens with one attached hydrogen (secondary N) is 1. The van der Waals surface area contributed by atoms with E-state index in [1.807, 2.05) is 30.3 Å². The highest BCUT2D eigenvalue weighted by Crippen LogP contribution is 2.29. The maximum Gasteiger partial charge on any atom is 0.341 e. The number of carboxylic acids is 1. The van der Waals surface area contributed by atoms with Gasteiger partial charge in [0.15, 0.2) is 12.3 Å². The SMILES string of the molecule is CN(C(=O)c1nc(OCC(=O)O)ccc1NC(=O)c1ccc(Cn2ccnn2)c2ccccc12)C1CCC1. The third-order valence-electron chi connectivity index (χ3n) is 6.67. The van der Waals surface area contributed by atoms with Crippen molar-refractivity contribution in [3.8, 4) is 5.88 Å². The van der Waals surface area contributed by atoms with E-state index in [1.165, 1.54) is 12.1 Å². The molecule has 11 heteroatoms. The van der Waals surface area contributed by atoms with Crippen molar-refractivity contribution in [2.45, 2.75) is 31.8 Å². The van der Waals surface area contributed by atoms with Crippen LogP contribution in [-0.4, -0.2) is 67.5 Å². The third kappa shape index (κ3) is 5.17. The molecule has 2 aromatic heterocycles. The summed E-state index contributed by atoms with van der Waals surface area (Å²) >= 11 is 0. The highest BCUT2D eigenvalue weighted by atomic mass is 16.5. The molecule has 2 N–H and O–H groups in total. The molecule has 11 nitrogen and oxygen atoms in total. The Labute approximate surface area is 218 Å². The zero-order valence-corrected chi connectivity index (χ0v) is 20.7. The lowest BCUT2D eigenvalue weighted by molar-refractivity contribution is -0.139. The number of anilines is 1. The van der Waals surface area contributed by atoms with Gasteiger partial charge in [0.1, 0.15) is 0 Å². The molecule has 0 spiro atoms. The molecule has 2 heterocycles. The number of aliphatic carboxylic acids is 1. The van der Waals surface area contributed by atoms with Gasteiger partial charge in [0, 0.05) is 30.9 Å². The van der Waals surface area contributed by atoms with Crippen LogP contribution in [0.5, 0.6) is 5.88 Å². The molecule has 0 atom stereocenters. The number of pyridine rings is 1. The molecule has 0 radical (unpaired) electrons. The van der Waals surface area contributed by atoms with Crippen molar-refractivity contribution in [3.63, 3.8) is 0 Å². The normalized spacial score (nSPS) is 13.1. The fourth-order valence-corrected chi connectivity index (χ4v) is 4.41. The molecule has 2 aromatic carbocycles. The number of fused-ring (bicyclic) bond motifs is 1. The predicted molar refractivity (Wildman–Crippen MR) is 138 cm³/mol. The minimum atomic E-state index is -1.16. The van der Waals surface area contributed by atoms with E-state index >= 15 is 0 Å². The molecule has 4 aromatic rings. The highest BCUT2D eigenvalue weighted by Gasteiger charge is 2.29.